The second-order valence-electron chi connectivity index (χ2n) is 8.52. The van der Waals surface area contributed by atoms with Gasteiger partial charge in [0.15, 0.2) is 5.76 Å². The Morgan fingerprint density at radius 2 is 1.73 bits per heavy atom. The fraction of sp³-hybridized carbons (Fsp3) is 0.522. The van der Waals surface area contributed by atoms with Crippen molar-refractivity contribution in [2.75, 3.05) is 33.2 Å². The van der Waals surface area contributed by atoms with Gasteiger partial charge >= 0.3 is 0 Å². The van der Waals surface area contributed by atoms with Crippen LogP contribution in [0.1, 0.15) is 48.4 Å². The first kappa shape index (κ1) is 23.7. The van der Waals surface area contributed by atoms with Gasteiger partial charge in [0.2, 0.25) is 0 Å². The maximum Gasteiger partial charge on any atom is 0.289 e. The van der Waals surface area contributed by atoms with Crippen LogP contribution in [-0.2, 0) is 16.8 Å². The molecule has 2 heterocycles. The Balaban J connectivity index is 1.29. The largest absolute Gasteiger partial charge is 0.486 e. The van der Waals surface area contributed by atoms with E-state index in [9.17, 15) is 17.6 Å². The quantitative estimate of drug-likeness (QED) is 0.609. The van der Waals surface area contributed by atoms with Crippen molar-refractivity contribution >= 4 is 16.1 Å². The van der Waals surface area contributed by atoms with E-state index >= 15 is 0 Å². The van der Waals surface area contributed by atoms with E-state index in [1.807, 2.05) is 0 Å². The summed E-state index contributed by atoms with van der Waals surface area (Å²) in [6.07, 6.45) is 5.09. The molecule has 1 saturated heterocycles. The summed E-state index contributed by atoms with van der Waals surface area (Å²) in [4.78, 5) is 14.4. The van der Waals surface area contributed by atoms with E-state index in [4.69, 9.17) is 9.15 Å². The second kappa shape index (κ2) is 10.2. The molecule has 1 aromatic carbocycles. The van der Waals surface area contributed by atoms with Crippen molar-refractivity contribution in [2.24, 2.45) is 0 Å². The fourth-order valence-corrected chi connectivity index (χ4v) is 5.93. The number of furan rings is 1. The summed E-state index contributed by atoms with van der Waals surface area (Å²) in [6, 6.07) is 8.95. The molecule has 1 saturated carbocycles. The van der Waals surface area contributed by atoms with Gasteiger partial charge < -0.3 is 14.1 Å². The molecule has 0 radical (unpaired) electrons. The van der Waals surface area contributed by atoms with E-state index in [2.05, 4.69) is 0 Å². The van der Waals surface area contributed by atoms with E-state index in [-0.39, 0.29) is 43.2 Å². The Morgan fingerprint density at radius 3 is 2.39 bits per heavy atom. The van der Waals surface area contributed by atoms with Gasteiger partial charge in [-0.15, -0.1) is 0 Å². The molecule has 0 N–H and O–H groups in total. The number of piperazine rings is 1. The van der Waals surface area contributed by atoms with Crippen LogP contribution in [0.5, 0.6) is 5.75 Å². The highest BCUT2D eigenvalue weighted by molar-refractivity contribution is 7.86. The van der Waals surface area contributed by atoms with Gasteiger partial charge in [0.05, 0.1) is 0 Å². The van der Waals surface area contributed by atoms with E-state index in [0.29, 0.717) is 24.6 Å². The number of hydrogen-bond donors (Lipinski definition) is 0. The van der Waals surface area contributed by atoms with Gasteiger partial charge in [-0.2, -0.15) is 17.0 Å². The Morgan fingerprint density at radius 1 is 1.06 bits per heavy atom. The number of hydrogen-bond acceptors (Lipinski definition) is 5. The SMILES string of the molecule is CN(C1CCCCC1)S(=O)(=O)N1CCN(C(=O)c2ccc(COc3ccc(F)cc3)o2)CC1. The molecule has 2 aliphatic rings. The van der Waals surface area contributed by atoms with Gasteiger partial charge in [0.1, 0.15) is 23.9 Å². The number of carbonyl (C=O) groups is 1. The fourth-order valence-electron chi connectivity index (χ4n) is 4.35. The van der Waals surface area contributed by atoms with Crippen molar-refractivity contribution < 1.29 is 26.8 Å². The van der Waals surface area contributed by atoms with Gasteiger partial charge in [-0.1, -0.05) is 19.3 Å². The lowest BCUT2D eigenvalue weighted by Crippen LogP contribution is -2.55. The predicted molar refractivity (Wildman–Crippen MR) is 120 cm³/mol. The lowest BCUT2D eigenvalue weighted by Gasteiger charge is -2.38. The summed E-state index contributed by atoms with van der Waals surface area (Å²) >= 11 is 0. The van der Waals surface area contributed by atoms with Gasteiger partial charge in [-0.25, -0.2) is 4.39 Å². The number of nitrogens with zero attached hydrogens (tertiary/aromatic N) is 3. The topological polar surface area (TPSA) is 83.3 Å². The number of rotatable bonds is 7. The lowest BCUT2D eigenvalue weighted by atomic mass is 9.96. The molecule has 1 aliphatic carbocycles. The third-order valence-corrected chi connectivity index (χ3v) is 8.42. The van der Waals surface area contributed by atoms with Crippen LogP contribution in [0.2, 0.25) is 0 Å². The number of carbonyl (C=O) groups excluding carboxylic acids is 1. The molecule has 1 amide bonds. The predicted octanol–water partition coefficient (Wildman–Crippen LogP) is 3.26. The summed E-state index contributed by atoms with van der Waals surface area (Å²) in [5, 5.41) is 0. The highest BCUT2D eigenvalue weighted by Crippen LogP contribution is 2.25. The zero-order valence-corrected chi connectivity index (χ0v) is 19.6. The molecule has 10 heteroatoms. The molecule has 1 aromatic heterocycles. The average molecular weight is 480 g/mol. The maximum atomic E-state index is 13.0. The molecular weight excluding hydrogens is 449 g/mol. The zero-order chi connectivity index (χ0) is 23.4. The molecule has 0 spiro atoms. The molecule has 180 valence electrons. The average Bonchev–Trinajstić information content (AvgIpc) is 3.32. The first-order valence-corrected chi connectivity index (χ1v) is 12.7. The first-order chi connectivity index (χ1) is 15.8. The maximum absolute atomic E-state index is 13.0. The molecule has 8 nitrogen and oxygen atoms in total. The summed E-state index contributed by atoms with van der Waals surface area (Å²) in [5.74, 6) is 0.528. The molecule has 0 bridgehead atoms. The third kappa shape index (κ3) is 5.56. The monoisotopic (exact) mass is 479 g/mol. The molecule has 0 atom stereocenters. The van der Waals surface area contributed by atoms with Gasteiger partial charge in [-0.3, -0.25) is 4.79 Å². The molecule has 33 heavy (non-hydrogen) atoms. The van der Waals surface area contributed by atoms with Crippen LogP contribution in [0, 0.1) is 5.82 Å². The minimum absolute atomic E-state index is 0.0575. The number of benzene rings is 1. The van der Waals surface area contributed by atoms with E-state index < -0.39 is 10.2 Å². The zero-order valence-electron chi connectivity index (χ0n) is 18.8. The normalized spacial score (nSPS) is 18.6. The smallest absolute Gasteiger partial charge is 0.289 e. The minimum Gasteiger partial charge on any atom is -0.486 e. The van der Waals surface area contributed by atoms with Gasteiger partial charge in [0.25, 0.3) is 16.1 Å². The number of ether oxygens (including phenoxy) is 1. The Labute approximate surface area is 194 Å². The van der Waals surface area contributed by atoms with Crippen molar-refractivity contribution in [1.82, 2.24) is 13.5 Å². The van der Waals surface area contributed by atoms with E-state index in [1.54, 1.807) is 24.1 Å². The van der Waals surface area contributed by atoms with E-state index in [1.165, 1.54) is 32.9 Å². The van der Waals surface area contributed by atoms with Crippen LogP contribution in [0.15, 0.2) is 40.8 Å². The van der Waals surface area contributed by atoms with Crippen LogP contribution in [-0.4, -0.2) is 67.1 Å². The van der Waals surface area contributed by atoms with Crippen molar-refractivity contribution in [1.29, 1.82) is 0 Å². The van der Waals surface area contributed by atoms with Gasteiger partial charge in [-0.05, 0) is 49.2 Å². The van der Waals surface area contributed by atoms with Crippen LogP contribution in [0.3, 0.4) is 0 Å². The summed E-state index contributed by atoms with van der Waals surface area (Å²) in [7, 11) is -1.87. The highest BCUT2D eigenvalue weighted by Gasteiger charge is 2.35. The summed E-state index contributed by atoms with van der Waals surface area (Å²) < 4.78 is 53.2. The number of amides is 1. The molecular formula is C23H30FN3O5S. The summed E-state index contributed by atoms with van der Waals surface area (Å²) in [5.41, 5.74) is 0. The standard InChI is InChI=1S/C23H30FN3O5S/c1-25(19-5-3-2-4-6-19)33(29,30)27-15-13-26(14-16-27)23(28)22-12-11-21(32-22)17-31-20-9-7-18(24)8-10-20/h7-12,19H,2-6,13-17H2,1H3. The molecule has 4 rings (SSSR count). The molecule has 1 aliphatic heterocycles. The highest BCUT2D eigenvalue weighted by atomic mass is 32.2. The van der Waals surface area contributed by atoms with Crippen LogP contribution < -0.4 is 4.74 Å². The third-order valence-electron chi connectivity index (χ3n) is 6.37. The molecule has 2 fully saturated rings. The van der Waals surface area contributed by atoms with Crippen LogP contribution in [0.4, 0.5) is 4.39 Å². The van der Waals surface area contributed by atoms with Crippen LogP contribution >= 0.6 is 0 Å². The van der Waals surface area contributed by atoms with Crippen molar-refractivity contribution in [3.05, 3.63) is 53.7 Å². The van der Waals surface area contributed by atoms with Gasteiger partial charge in [0, 0.05) is 39.3 Å². The Kier molecular flexibility index (Phi) is 7.35. The molecule has 2 aromatic rings. The Hall–Kier alpha value is -2.43. The number of halogens is 1. The lowest BCUT2D eigenvalue weighted by molar-refractivity contribution is 0.0657. The second-order valence-corrected chi connectivity index (χ2v) is 10.5. The first-order valence-electron chi connectivity index (χ1n) is 11.3. The molecule has 0 unspecified atom stereocenters. The van der Waals surface area contributed by atoms with Crippen LogP contribution in [0.25, 0.3) is 0 Å². The minimum atomic E-state index is -3.54. The van der Waals surface area contributed by atoms with Crippen molar-refractivity contribution in [2.45, 2.75) is 44.8 Å². The summed E-state index contributed by atoms with van der Waals surface area (Å²) in [6.45, 7) is 1.23. The Bertz CT molecular complexity index is 1040. The van der Waals surface area contributed by atoms with Crippen molar-refractivity contribution in [3.8, 4) is 5.75 Å². The van der Waals surface area contributed by atoms with E-state index in [0.717, 1.165) is 32.1 Å². The van der Waals surface area contributed by atoms with Crippen molar-refractivity contribution in [3.63, 3.8) is 0 Å².